The first kappa shape index (κ1) is 11.5. The molecule has 1 aliphatic rings. The quantitative estimate of drug-likeness (QED) is 0.662. The lowest BCUT2D eigenvalue weighted by atomic mass is 10.1. The largest absolute Gasteiger partial charge is 0.460 e. The smallest absolute Gasteiger partial charge is 0.310 e. The van der Waals surface area contributed by atoms with E-state index in [2.05, 4.69) is 4.90 Å². The maximum atomic E-state index is 11.6. The van der Waals surface area contributed by atoms with Gasteiger partial charge in [0.25, 0.3) is 0 Å². The molecule has 1 rings (SSSR count). The Balaban J connectivity index is 2.40. The molecule has 4 nitrogen and oxygen atoms in total. The minimum absolute atomic E-state index is 0.0118. The third-order valence-corrected chi connectivity index (χ3v) is 2.27. The maximum Gasteiger partial charge on any atom is 0.310 e. The predicted molar refractivity (Wildman–Crippen MR) is 54.6 cm³/mol. The van der Waals surface area contributed by atoms with E-state index < -0.39 is 0 Å². The lowest BCUT2D eigenvalue weighted by Gasteiger charge is -2.22. The number of hydrogen-bond acceptors (Lipinski definition) is 4. The van der Waals surface area contributed by atoms with Crippen molar-refractivity contribution in [2.45, 2.75) is 32.8 Å². The van der Waals surface area contributed by atoms with E-state index >= 15 is 0 Å². The molecule has 2 N–H and O–H groups in total. The second kappa shape index (κ2) is 4.28. The highest BCUT2D eigenvalue weighted by Crippen LogP contribution is 2.19. The van der Waals surface area contributed by atoms with Crippen LogP contribution in [0.1, 0.15) is 27.2 Å². The summed E-state index contributed by atoms with van der Waals surface area (Å²) in [6.45, 7) is 7.84. The lowest BCUT2D eigenvalue weighted by molar-refractivity contribution is -0.159. The van der Waals surface area contributed by atoms with Crippen LogP contribution in [0, 0.1) is 5.92 Å². The second-order valence-electron chi connectivity index (χ2n) is 4.78. The zero-order chi connectivity index (χ0) is 10.8. The molecule has 1 aliphatic heterocycles. The highest BCUT2D eigenvalue weighted by Gasteiger charge is 2.30. The summed E-state index contributed by atoms with van der Waals surface area (Å²) in [5, 5.41) is 0. The van der Waals surface area contributed by atoms with Gasteiger partial charge in [-0.15, -0.1) is 0 Å². The molecule has 0 bridgehead atoms. The Bertz CT molecular complexity index is 211. The molecule has 1 fully saturated rings. The molecular weight excluding hydrogens is 180 g/mol. The minimum Gasteiger partial charge on any atom is -0.460 e. The van der Waals surface area contributed by atoms with E-state index in [1.807, 2.05) is 20.8 Å². The van der Waals surface area contributed by atoms with Crippen molar-refractivity contribution >= 4 is 5.97 Å². The van der Waals surface area contributed by atoms with Gasteiger partial charge < -0.3 is 10.5 Å². The van der Waals surface area contributed by atoms with Crippen LogP contribution in [-0.2, 0) is 9.53 Å². The Kier molecular flexibility index (Phi) is 3.50. The first-order chi connectivity index (χ1) is 6.42. The van der Waals surface area contributed by atoms with E-state index in [1.54, 1.807) is 0 Å². The van der Waals surface area contributed by atoms with Crippen LogP contribution in [0.3, 0.4) is 0 Å². The van der Waals surface area contributed by atoms with Crippen LogP contribution in [0.2, 0.25) is 0 Å². The molecule has 1 saturated heterocycles. The molecule has 4 heteroatoms. The monoisotopic (exact) mass is 200 g/mol. The Morgan fingerprint density at radius 3 is 2.64 bits per heavy atom. The van der Waals surface area contributed by atoms with Crippen molar-refractivity contribution < 1.29 is 9.53 Å². The number of carbonyl (C=O) groups excluding carboxylic acids is 1. The molecule has 0 spiro atoms. The van der Waals surface area contributed by atoms with Crippen LogP contribution >= 0.6 is 0 Å². The summed E-state index contributed by atoms with van der Waals surface area (Å²) in [5.41, 5.74) is 5.12. The van der Waals surface area contributed by atoms with Crippen LogP contribution in [-0.4, -0.2) is 36.2 Å². The van der Waals surface area contributed by atoms with Gasteiger partial charge in [-0.05, 0) is 27.2 Å². The Labute approximate surface area is 85.4 Å². The fraction of sp³-hybridized carbons (Fsp3) is 0.900. The summed E-state index contributed by atoms with van der Waals surface area (Å²) in [6.07, 6.45) is 0.867. The molecule has 1 atom stereocenters. The van der Waals surface area contributed by atoms with Gasteiger partial charge in [0.15, 0.2) is 0 Å². The molecule has 0 aliphatic carbocycles. The van der Waals surface area contributed by atoms with Crippen LogP contribution in [0.25, 0.3) is 0 Å². The number of nitrogens with zero attached hydrogens (tertiary/aromatic N) is 1. The number of hydrogen-bond donors (Lipinski definition) is 1. The molecule has 14 heavy (non-hydrogen) atoms. The van der Waals surface area contributed by atoms with Crippen molar-refractivity contribution in [3.63, 3.8) is 0 Å². The summed E-state index contributed by atoms with van der Waals surface area (Å²) in [4.78, 5) is 13.7. The highest BCUT2D eigenvalue weighted by atomic mass is 16.6. The first-order valence-electron chi connectivity index (χ1n) is 5.07. The number of likely N-dealkylation sites (tertiary alicyclic amines) is 1. The van der Waals surface area contributed by atoms with E-state index in [9.17, 15) is 4.79 Å². The maximum absolute atomic E-state index is 11.6. The molecule has 0 aromatic rings. The van der Waals surface area contributed by atoms with Crippen molar-refractivity contribution in [2.75, 3.05) is 19.8 Å². The zero-order valence-corrected chi connectivity index (χ0v) is 9.25. The SMILES string of the molecule is CC(C)(C)OC(=O)[C@@H]1CCN(CN)C1. The topological polar surface area (TPSA) is 55.6 Å². The van der Waals surface area contributed by atoms with Gasteiger partial charge in [0, 0.05) is 19.8 Å². The number of esters is 1. The summed E-state index contributed by atoms with van der Waals surface area (Å²) in [7, 11) is 0. The first-order valence-corrected chi connectivity index (χ1v) is 5.07. The van der Waals surface area contributed by atoms with Gasteiger partial charge in [0.1, 0.15) is 5.60 Å². The average molecular weight is 200 g/mol. The Morgan fingerprint density at radius 1 is 1.57 bits per heavy atom. The van der Waals surface area contributed by atoms with Gasteiger partial charge in [-0.1, -0.05) is 0 Å². The third kappa shape index (κ3) is 3.27. The lowest BCUT2D eigenvalue weighted by Crippen LogP contribution is -2.32. The van der Waals surface area contributed by atoms with E-state index in [0.717, 1.165) is 19.5 Å². The standard InChI is InChI=1S/C10H20N2O2/c1-10(2,3)14-9(13)8-4-5-12(6-8)7-11/h8H,4-7,11H2,1-3H3/t8-/m1/s1. The predicted octanol–water partition coefficient (Wildman–Crippen LogP) is 0.566. The van der Waals surface area contributed by atoms with Gasteiger partial charge in [-0.2, -0.15) is 0 Å². The van der Waals surface area contributed by atoms with Gasteiger partial charge >= 0.3 is 5.97 Å². The number of rotatable bonds is 2. The average Bonchev–Trinajstić information content (AvgIpc) is 2.48. The van der Waals surface area contributed by atoms with E-state index in [1.165, 1.54) is 0 Å². The molecular formula is C10H20N2O2. The van der Waals surface area contributed by atoms with Crippen LogP contribution < -0.4 is 5.73 Å². The second-order valence-corrected chi connectivity index (χ2v) is 4.78. The van der Waals surface area contributed by atoms with Crippen molar-refractivity contribution in [1.29, 1.82) is 0 Å². The molecule has 0 unspecified atom stereocenters. The normalized spacial score (nSPS) is 23.9. The third-order valence-electron chi connectivity index (χ3n) is 2.27. The molecule has 0 radical (unpaired) electrons. The van der Waals surface area contributed by atoms with Crippen molar-refractivity contribution in [2.24, 2.45) is 11.7 Å². The highest BCUT2D eigenvalue weighted by molar-refractivity contribution is 5.73. The minimum atomic E-state index is -0.382. The van der Waals surface area contributed by atoms with E-state index in [0.29, 0.717) is 6.67 Å². The van der Waals surface area contributed by atoms with Crippen molar-refractivity contribution in [1.82, 2.24) is 4.90 Å². The van der Waals surface area contributed by atoms with E-state index in [-0.39, 0.29) is 17.5 Å². The Hall–Kier alpha value is -0.610. The molecule has 0 saturated carbocycles. The van der Waals surface area contributed by atoms with Crippen molar-refractivity contribution in [3.05, 3.63) is 0 Å². The molecule has 1 heterocycles. The van der Waals surface area contributed by atoms with E-state index in [4.69, 9.17) is 10.5 Å². The summed E-state index contributed by atoms with van der Waals surface area (Å²) in [5.74, 6) is -0.0776. The molecule has 0 aromatic heterocycles. The molecule has 82 valence electrons. The number of nitrogens with two attached hydrogens (primary N) is 1. The van der Waals surface area contributed by atoms with Crippen LogP contribution in [0.4, 0.5) is 0 Å². The van der Waals surface area contributed by atoms with Crippen LogP contribution in [0.5, 0.6) is 0 Å². The zero-order valence-electron chi connectivity index (χ0n) is 9.25. The number of carbonyl (C=O) groups is 1. The van der Waals surface area contributed by atoms with Gasteiger partial charge in [0.2, 0.25) is 0 Å². The summed E-state index contributed by atoms with van der Waals surface area (Å²) < 4.78 is 5.31. The summed E-state index contributed by atoms with van der Waals surface area (Å²) in [6, 6.07) is 0. The fourth-order valence-electron chi connectivity index (χ4n) is 1.58. The number of ether oxygens (including phenoxy) is 1. The van der Waals surface area contributed by atoms with Crippen LogP contribution in [0.15, 0.2) is 0 Å². The van der Waals surface area contributed by atoms with Gasteiger partial charge in [-0.25, -0.2) is 0 Å². The fourth-order valence-corrected chi connectivity index (χ4v) is 1.58. The van der Waals surface area contributed by atoms with Crippen molar-refractivity contribution in [3.8, 4) is 0 Å². The molecule has 0 aromatic carbocycles. The molecule has 0 amide bonds. The Morgan fingerprint density at radius 2 is 2.21 bits per heavy atom. The van der Waals surface area contributed by atoms with Gasteiger partial charge in [-0.3, -0.25) is 9.69 Å². The van der Waals surface area contributed by atoms with Gasteiger partial charge in [0.05, 0.1) is 5.92 Å². The summed E-state index contributed by atoms with van der Waals surface area (Å²) >= 11 is 0.